The number of rotatable bonds is 6. The lowest BCUT2D eigenvalue weighted by Crippen LogP contribution is -2.47. The number of para-hydroxylation sites is 2. The lowest BCUT2D eigenvalue weighted by atomic mass is 10.1. The maximum absolute atomic E-state index is 12.4. The Hall–Kier alpha value is -3.59. The molecule has 1 aliphatic heterocycles. The van der Waals surface area contributed by atoms with Crippen LogP contribution in [0.15, 0.2) is 42.5 Å². The van der Waals surface area contributed by atoms with Crippen molar-refractivity contribution in [3.8, 4) is 5.75 Å². The van der Waals surface area contributed by atoms with Crippen LogP contribution in [0.2, 0.25) is 0 Å². The number of nitrogens with zero attached hydrogens (tertiary/aromatic N) is 2. The van der Waals surface area contributed by atoms with Crippen molar-refractivity contribution in [2.45, 2.75) is 25.7 Å². The molecule has 34 heavy (non-hydrogen) atoms. The number of hydrogen-bond acceptors (Lipinski definition) is 6. The van der Waals surface area contributed by atoms with Crippen LogP contribution in [0, 0.1) is 0 Å². The molecule has 9 nitrogen and oxygen atoms in total. The number of nitrogens with one attached hydrogen (secondary N) is 1. The second-order valence-electron chi connectivity index (χ2n) is 8.25. The number of amides is 1. The highest BCUT2D eigenvalue weighted by atomic mass is 16.5. The zero-order valence-electron chi connectivity index (χ0n) is 19.3. The molecule has 0 saturated carbocycles. The third-order valence-electron chi connectivity index (χ3n) is 6.02. The molecule has 0 unspecified atom stereocenters. The first-order valence-electron chi connectivity index (χ1n) is 11.4. The Bertz CT molecular complexity index is 1010. The largest absolute Gasteiger partial charge is 0.495 e. The van der Waals surface area contributed by atoms with Gasteiger partial charge in [-0.2, -0.15) is 0 Å². The summed E-state index contributed by atoms with van der Waals surface area (Å²) in [5, 5.41) is 17.9. The predicted molar refractivity (Wildman–Crippen MR) is 129 cm³/mol. The SMILES string of the molecule is COc1ccccc1N1CCN(CCC(=O)Nc2ccc3c(c2)CCC3)CC1.O=C(O)C(=O)O. The van der Waals surface area contributed by atoms with Crippen LogP contribution in [0.5, 0.6) is 5.75 Å². The number of benzene rings is 2. The number of methoxy groups -OCH3 is 1. The molecule has 9 heteroatoms. The summed E-state index contributed by atoms with van der Waals surface area (Å²) in [6.45, 7) is 4.63. The van der Waals surface area contributed by atoms with Gasteiger partial charge in [0.15, 0.2) is 0 Å². The molecule has 1 saturated heterocycles. The minimum Gasteiger partial charge on any atom is -0.495 e. The summed E-state index contributed by atoms with van der Waals surface area (Å²) in [5.74, 6) is -2.63. The van der Waals surface area contributed by atoms with E-state index >= 15 is 0 Å². The van der Waals surface area contributed by atoms with E-state index in [4.69, 9.17) is 24.5 Å². The second kappa shape index (κ2) is 12.0. The van der Waals surface area contributed by atoms with Crippen molar-refractivity contribution in [1.29, 1.82) is 0 Å². The van der Waals surface area contributed by atoms with Crippen molar-refractivity contribution >= 4 is 29.2 Å². The summed E-state index contributed by atoms with van der Waals surface area (Å²) >= 11 is 0. The standard InChI is InChI=1S/C23H29N3O2.C2H2O4/c1-28-22-8-3-2-7-21(22)26-15-13-25(14-16-26)12-11-23(27)24-20-10-9-18-5-4-6-19(18)17-20;3-1(4)2(5)6/h2-3,7-10,17H,4-6,11-16H2,1H3,(H,24,27);(H,3,4)(H,5,6). The van der Waals surface area contributed by atoms with Gasteiger partial charge in [0, 0.05) is 44.8 Å². The summed E-state index contributed by atoms with van der Waals surface area (Å²) in [7, 11) is 1.72. The lowest BCUT2D eigenvalue weighted by molar-refractivity contribution is -0.159. The number of piperazine rings is 1. The third-order valence-corrected chi connectivity index (χ3v) is 6.02. The second-order valence-corrected chi connectivity index (χ2v) is 8.25. The van der Waals surface area contributed by atoms with Crippen LogP contribution < -0.4 is 15.0 Å². The molecular formula is C25H31N3O6. The number of aliphatic carboxylic acids is 2. The first kappa shape index (κ1) is 25.0. The monoisotopic (exact) mass is 469 g/mol. The van der Waals surface area contributed by atoms with Gasteiger partial charge >= 0.3 is 11.9 Å². The molecule has 2 aromatic rings. The van der Waals surface area contributed by atoms with Crippen molar-refractivity contribution in [3.05, 3.63) is 53.6 Å². The van der Waals surface area contributed by atoms with E-state index in [1.54, 1.807) is 7.11 Å². The average Bonchev–Trinajstić information content (AvgIpc) is 3.31. The summed E-state index contributed by atoms with van der Waals surface area (Å²) < 4.78 is 5.48. The van der Waals surface area contributed by atoms with Crippen LogP contribution >= 0.6 is 0 Å². The Kier molecular flexibility index (Phi) is 8.86. The highest BCUT2D eigenvalue weighted by molar-refractivity contribution is 6.27. The smallest absolute Gasteiger partial charge is 0.414 e. The fourth-order valence-corrected chi connectivity index (χ4v) is 4.24. The molecule has 2 aromatic carbocycles. The minimum absolute atomic E-state index is 0.102. The Morgan fingerprint density at radius 3 is 2.29 bits per heavy atom. The summed E-state index contributed by atoms with van der Waals surface area (Å²) in [4.78, 5) is 35.3. The fourth-order valence-electron chi connectivity index (χ4n) is 4.24. The number of hydrogen-bond donors (Lipinski definition) is 3. The quantitative estimate of drug-likeness (QED) is 0.552. The van der Waals surface area contributed by atoms with E-state index in [0.717, 1.165) is 56.3 Å². The lowest BCUT2D eigenvalue weighted by Gasteiger charge is -2.36. The molecule has 182 valence electrons. The fraction of sp³-hybridized carbons (Fsp3) is 0.400. The molecule has 1 aliphatic carbocycles. The number of carboxylic acids is 2. The van der Waals surface area contributed by atoms with Gasteiger partial charge in [-0.1, -0.05) is 18.2 Å². The Balaban J connectivity index is 0.000000481. The number of carbonyl (C=O) groups is 3. The summed E-state index contributed by atoms with van der Waals surface area (Å²) in [6.07, 6.45) is 4.07. The van der Waals surface area contributed by atoms with Gasteiger partial charge < -0.3 is 25.2 Å². The number of fused-ring (bicyclic) bond motifs is 1. The van der Waals surface area contributed by atoms with Crippen molar-refractivity contribution in [2.24, 2.45) is 0 Å². The van der Waals surface area contributed by atoms with Crippen LogP contribution in [-0.2, 0) is 27.2 Å². The molecule has 0 radical (unpaired) electrons. The van der Waals surface area contributed by atoms with Gasteiger partial charge in [-0.25, -0.2) is 9.59 Å². The van der Waals surface area contributed by atoms with Gasteiger partial charge in [0.1, 0.15) is 5.75 Å². The number of carbonyl (C=O) groups excluding carboxylic acids is 1. The van der Waals surface area contributed by atoms with Gasteiger partial charge in [0.25, 0.3) is 0 Å². The average molecular weight is 470 g/mol. The summed E-state index contributed by atoms with van der Waals surface area (Å²) in [6, 6.07) is 14.5. The molecule has 1 amide bonds. The maximum Gasteiger partial charge on any atom is 0.414 e. The van der Waals surface area contributed by atoms with Crippen molar-refractivity contribution in [2.75, 3.05) is 50.1 Å². The summed E-state index contributed by atoms with van der Waals surface area (Å²) in [5.41, 5.74) is 4.92. The number of aryl methyl sites for hydroxylation is 2. The maximum atomic E-state index is 12.4. The molecular weight excluding hydrogens is 438 g/mol. The van der Waals surface area contributed by atoms with E-state index in [0.29, 0.717) is 6.42 Å². The Morgan fingerprint density at radius 1 is 0.941 bits per heavy atom. The molecule has 1 heterocycles. The van der Waals surface area contributed by atoms with E-state index in [2.05, 4.69) is 33.3 Å². The van der Waals surface area contributed by atoms with Gasteiger partial charge in [-0.15, -0.1) is 0 Å². The normalized spacial score (nSPS) is 15.0. The van der Waals surface area contributed by atoms with E-state index in [9.17, 15) is 4.79 Å². The van der Waals surface area contributed by atoms with Crippen LogP contribution in [0.25, 0.3) is 0 Å². The molecule has 4 rings (SSSR count). The molecule has 3 N–H and O–H groups in total. The van der Waals surface area contributed by atoms with Crippen LogP contribution in [-0.4, -0.2) is 72.8 Å². The molecule has 0 bridgehead atoms. The van der Waals surface area contributed by atoms with E-state index in [1.807, 2.05) is 24.3 Å². The Labute approximate surface area is 198 Å². The highest BCUT2D eigenvalue weighted by Gasteiger charge is 2.20. The zero-order chi connectivity index (χ0) is 24.5. The minimum atomic E-state index is -1.82. The number of ether oxygens (including phenoxy) is 1. The molecule has 2 aliphatic rings. The van der Waals surface area contributed by atoms with Crippen LogP contribution in [0.3, 0.4) is 0 Å². The van der Waals surface area contributed by atoms with E-state index in [1.165, 1.54) is 24.0 Å². The van der Waals surface area contributed by atoms with Crippen LogP contribution in [0.4, 0.5) is 11.4 Å². The zero-order valence-corrected chi connectivity index (χ0v) is 19.3. The molecule has 0 aromatic heterocycles. The predicted octanol–water partition coefficient (Wildman–Crippen LogP) is 2.49. The van der Waals surface area contributed by atoms with Gasteiger partial charge in [0.2, 0.25) is 5.91 Å². The van der Waals surface area contributed by atoms with Crippen molar-refractivity contribution in [3.63, 3.8) is 0 Å². The first-order valence-corrected chi connectivity index (χ1v) is 11.4. The Morgan fingerprint density at radius 2 is 1.62 bits per heavy atom. The van der Waals surface area contributed by atoms with Gasteiger partial charge in [-0.05, 0) is 54.7 Å². The van der Waals surface area contributed by atoms with Gasteiger partial charge in [-0.3, -0.25) is 9.69 Å². The number of carboxylic acid groups (broad SMARTS) is 2. The topological polar surface area (TPSA) is 119 Å². The van der Waals surface area contributed by atoms with Crippen LogP contribution in [0.1, 0.15) is 24.0 Å². The van der Waals surface area contributed by atoms with E-state index in [-0.39, 0.29) is 5.91 Å². The highest BCUT2D eigenvalue weighted by Crippen LogP contribution is 2.28. The van der Waals surface area contributed by atoms with Gasteiger partial charge in [0.05, 0.1) is 12.8 Å². The first-order chi connectivity index (χ1) is 16.4. The van der Waals surface area contributed by atoms with Crippen molar-refractivity contribution in [1.82, 2.24) is 4.90 Å². The van der Waals surface area contributed by atoms with Crippen molar-refractivity contribution < 1.29 is 29.3 Å². The molecule has 1 fully saturated rings. The molecule has 0 spiro atoms. The van der Waals surface area contributed by atoms with E-state index < -0.39 is 11.9 Å². The molecule has 0 atom stereocenters. The number of anilines is 2. The third kappa shape index (κ3) is 6.95.